The van der Waals surface area contributed by atoms with Gasteiger partial charge in [0.15, 0.2) is 0 Å². The van der Waals surface area contributed by atoms with E-state index in [1.165, 1.54) is 38.5 Å². The lowest BCUT2D eigenvalue weighted by Gasteiger charge is -2.58. The Kier molecular flexibility index (Phi) is 5.93. The lowest BCUT2D eigenvalue weighted by molar-refractivity contribution is -0.130. The summed E-state index contributed by atoms with van der Waals surface area (Å²) in [6, 6.07) is 2.14. The fourth-order valence-corrected chi connectivity index (χ4v) is 9.62. The summed E-state index contributed by atoms with van der Waals surface area (Å²) >= 11 is 0. The van der Waals surface area contributed by atoms with Gasteiger partial charge in [0.25, 0.3) is 0 Å². The summed E-state index contributed by atoms with van der Waals surface area (Å²) in [5, 5.41) is 36.2. The lowest BCUT2D eigenvalue weighted by Crippen LogP contribution is -2.53. The Morgan fingerprint density at radius 2 is 1.94 bits per heavy atom. The number of hydrogen-bond acceptors (Lipinski definition) is 4. The number of nitrogens with zero attached hydrogens (tertiary/aromatic N) is 3. The Morgan fingerprint density at radius 1 is 1.15 bits per heavy atom. The summed E-state index contributed by atoms with van der Waals surface area (Å²) in [7, 11) is 0. The van der Waals surface area contributed by atoms with E-state index >= 15 is 0 Å². The van der Waals surface area contributed by atoms with E-state index in [0.717, 1.165) is 55.8 Å². The molecule has 33 heavy (non-hydrogen) atoms. The molecule has 0 amide bonds. The SMILES string of the molecule is CCC[C@@]1(O)CC[C@H]2[C@H](CC[C@@H]3[C@@H]2CC[C@]2(C)[C@@H](C(C)(O)Cn4cc(C#N)cn4)CC[C@@H]32)C1. The van der Waals surface area contributed by atoms with Gasteiger partial charge in [-0.15, -0.1) is 0 Å². The zero-order valence-corrected chi connectivity index (χ0v) is 20.8. The molecule has 0 saturated heterocycles. The molecule has 182 valence electrons. The summed E-state index contributed by atoms with van der Waals surface area (Å²) in [6.45, 7) is 7.12. The van der Waals surface area contributed by atoms with Crippen molar-refractivity contribution in [2.45, 2.75) is 109 Å². The fraction of sp³-hybridized carbons (Fsp3) is 0.857. The Hall–Kier alpha value is -1.38. The van der Waals surface area contributed by atoms with E-state index in [9.17, 15) is 10.2 Å². The predicted molar refractivity (Wildman–Crippen MR) is 128 cm³/mol. The van der Waals surface area contributed by atoms with Gasteiger partial charge in [-0.3, -0.25) is 4.68 Å². The second-order valence-corrected chi connectivity index (χ2v) is 12.7. The van der Waals surface area contributed by atoms with Crippen LogP contribution >= 0.6 is 0 Å². The summed E-state index contributed by atoms with van der Waals surface area (Å²) < 4.78 is 1.76. The Balaban J connectivity index is 1.31. The lowest BCUT2D eigenvalue weighted by atomic mass is 9.48. The van der Waals surface area contributed by atoms with Crippen LogP contribution in [0.4, 0.5) is 0 Å². The summed E-state index contributed by atoms with van der Waals surface area (Å²) in [4.78, 5) is 0. The van der Waals surface area contributed by atoms with Crippen molar-refractivity contribution < 1.29 is 10.2 Å². The van der Waals surface area contributed by atoms with Crippen molar-refractivity contribution >= 4 is 0 Å². The molecule has 4 fully saturated rings. The second kappa shape index (κ2) is 8.38. The van der Waals surface area contributed by atoms with Crippen molar-refractivity contribution in [3.63, 3.8) is 0 Å². The van der Waals surface area contributed by atoms with Crippen molar-refractivity contribution in [3.05, 3.63) is 18.0 Å². The van der Waals surface area contributed by atoms with Crippen LogP contribution in [0.1, 0.15) is 97.0 Å². The maximum Gasteiger partial charge on any atom is 0.102 e. The molecular weight excluding hydrogens is 410 g/mol. The first-order valence-electron chi connectivity index (χ1n) is 13.6. The van der Waals surface area contributed by atoms with Gasteiger partial charge in [-0.05, 0) is 112 Å². The van der Waals surface area contributed by atoms with E-state index in [2.05, 4.69) is 25.0 Å². The average molecular weight is 454 g/mol. The zero-order valence-electron chi connectivity index (χ0n) is 20.8. The molecule has 4 aliphatic rings. The van der Waals surface area contributed by atoms with Crippen molar-refractivity contribution in [1.29, 1.82) is 5.26 Å². The van der Waals surface area contributed by atoms with E-state index in [0.29, 0.717) is 18.0 Å². The number of hydrogen-bond donors (Lipinski definition) is 2. The van der Waals surface area contributed by atoms with Gasteiger partial charge < -0.3 is 10.2 Å². The van der Waals surface area contributed by atoms with Crippen LogP contribution in [0.3, 0.4) is 0 Å². The van der Waals surface area contributed by atoms with E-state index in [-0.39, 0.29) is 11.3 Å². The van der Waals surface area contributed by atoms with Crippen LogP contribution in [0.5, 0.6) is 0 Å². The van der Waals surface area contributed by atoms with Crippen LogP contribution in [0.25, 0.3) is 0 Å². The van der Waals surface area contributed by atoms with Crippen LogP contribution in [0, 0.1) is 52.3 Å². The molecular formula is C28H43N3O2. The molecule has 5 rings (SSSR count). The van der Waals surface area contributed by atoms with Gasteiger partial charge in [0.1, 0.15) is 6.07 Å². The van der Waals surface area contributed by atoms with Crippen LogP contribution in [0.15, 0.2) is 12.4 Å². The van der Waals surface area contributed by atoms with Crippen LogP contribution < -0.4 is 0 Å². The van der Waals surface area contributed by atoms with Gasteiger partial charge in [-0.1, -0.05) is 20.3 Å². The molecule has 0 aromatic carbocycles. The largest absolute Gasteiger partial charge is 0.390 e. The highest BCUT2D eigenvalue weighted by molar-refractivity contribution is 5.21. The standard InChI is InChI=1S/C28H43N3O2/c1-4-11-28(33)13-10-21-20(14-28)5-6-23-22(21)9-12-26(2)24(23)7-8-25(26)27(3,32)18-31-17-19(15-29)16-30-31/h16-17,20-25,32-33H,4-14,18H2,1-3H3/t20-,21+,22-,23-,24+,25+,26+,27?,28-/m1/s1. The van der Waals surface area contributed by atoms with E-state index < -0.39 is 11.2 Å². The number of aliphatic hydroxyl groups is 2. The summed E-state index contributed by atoms with van der Waals surface area (Å²) in [5.74, 6) is 4.11. The van der Waals surface area contributed by atoms with Crippen molar-refractivity contribution in [3.8, 4) is 6.07 Å². The van der Waals surface area contributed by atoms with E-state index in [1.54, 1.807) is 17.1 Å². The number of rotatable bonds is 5. The number of fused-ring (bicyclic) bond motifs is 5. The average Bonchev–Trinajstić information content (AvgIpc) is 3.36. The van der Waals surface area contributed by atoms with Crippen molar-refractivity contribution in [2.24, 2.45) is 40.9 Å². The van der Waals surface area contributed by atoms with Crippen molar-refractivity contribution in [1.82, 2.24) is 9.78 Å². The van der Waals surface area contributed by atoms with Crippen LogP contribution in [0.2, 0.25) is 0 Å². The highest BCUT2D eigenvalue weighted by atomic mass is 16.3. The molecule has 5 nitrogen and oxygen atoms in total. The third-order valence-corrected chi connectivity index (χ3v) is 10.8. The summed E-state index contributed by atoms with van der Waals surface area (Å²) in [6.07, 6.45) is 16.1. The third-order valence-electron chi connectivity index (χ3n) is 10.8. The Bertz CT molecular complexity index is 903. The predicted octanol–water partition coefficient (Wildman–Crippen LogP) is 5.31. The first-order valence-corrected chi connectivity index (χ1v) is 13.6. The maximum atomic E-state index is 11.7. The molecule has 4 aliphatic carbocycles. The van der Waals surface area contributed by atoms with E-state index in [1.807, 2.05) is 6.92 Å². The molecule has 9 atom stereocenters. The van der Waals surface area contributed by atoms with Crippen LogP contribution in [-0.2, 0) is 6.54 Å². The smallest absolute Gasteiger partial charge is 0.102 e. The Morgan fingerprint density at radius 3 is 2.67 bits per heavy atom. The highest BCUT2D eigenvalue weighted by Gasteiger charge is 2.60. The minimum Gasteiger partial charge on any atom is -0.390 e. The molecule has 1 aromatic rings. The molecule has 1 aromatic heterocycles. The van der Waals surface area contributed by atoms with Crippen LogP contribution in [-0.4, -0.2) is 31.2 Å². The molecule has 0 bridgehead atoms. The maximum absolute atomic E-state index is 11.7. The second-order valence-electron chi connectivity index (χ2n) is 12.7. The number of aromatic nitrogens is 2. The minimum atomic E-state index is -0.826. The molecule has 0 aliphatic heterocycles. The van der Waals surface area contributed by atoms with Gasteiger partial charge >= 0.3 is 0 Å². The topological polar surface area (TPSA) is 82.1 Å². The third kappa shape index (κ3) is 3.96. The first kappa shape index (κ1) is 23.4. The van der Waals surface area contributed by atoms with Gasteiger partial charge in [0.05, 0.1) is 29.5 Å². The number of nitriles is 1. The van der Waals surface area contributed by atoms with Gasteiger partial charge in [0.2, 0.25) is 0 Å². The van der Waals surface area contributed by atoms with Crippen molar-refractivity contribution in [2.75, 3.05) is 0 Å². The highest BCUT2D eigenvalue weighted by Crippen LogP contribution is 2.66. The summed E-state index contributed by atoms with van der Waals surface area (Å²) in [5.41, 5.74) is -0.494. The quantitative estimate of drug-likeness (QED) is 0.633. The molecule has 2 N–H and O–H groups in total. The zero-order chi connectivity index (χ0) is 23.4. The molecule has 0 spiro atoms. The molecule has 1 heterocycles. The fourth-order valence-electron chi connectivity index (χ4n) is 9.62. The van der Waals surface area contributed by atoms with Gasteiger partial charge in [-0.25, -0.2) is 0 Å². The van der Waals surface area contributed by atoms with E-state index in [4.69, 9.17) is 5.26 Å². The molecule has 4 saturated carbocycles. The first-order chi connectivity index (χ1) is 15.7. The van der Waals surface area contributed by atoms with Gasteiger partial charge in [-0.2, -0.15) is 10.4 Å². The van der Waals surface area contributed by atoms with Gasteiger partial charge in [0, 0.05) is 6.20 Å². The normalized spacial score (nSPS) is 44.2. The molecule has 5 heteroatoms. The molecule has 0 radical (unpaired) electrons. The molecule has 1 unspecified atom stereocenters. The monoisotopic (exact) mass is 453 g/mol. The Labute approximate surface area is 199 Å². The minimum absolute atomic E-state index is 0.181.